The Balaban J connectivity index is 1.62. The third-order valence-corrected chi connectivity index (χ3v) is 7.43. The monoisotopic (exact) mass is 506 g/mol. The number of fused-ring (bicyclic) bond motifs is 3. The summed E-state index contributed by atoms with van der Waals surface area (Å²) >= 11 is 1.57. The molecule has 0 saturated carbocycles. The second-order valence-corrected chi connectivity index (χ2v) is 10.3. The summed E-state index contributed by atoms with van der Waals surface area (Å²) < 4.78 is 13.6. The molecule has 9 heteroatoms. The van der Waals surface area contributed by atoms with E-state index in [1.165, 1.54) is 0 Å². The molecule has 0 spiro atoms. The maximum Gasteiger partial charge on any atom is 0.274 e. The molecule has 1 aromatic carbocycles. The number of hydrogen-bond donors (Lipinski definition) is 1. The SMILES string of the molecule is COc1cc2c(cc1C=C(C)C)-c1c(c(C(=O)N3CCCC(C(N)=O)CC3)nn1-c1ccsc1)CO2. The van der Waals surface area contributed by atoms with Crippen molar-refractivity contribution in [3.63, 3.8) is 0 Å². The number of rotatable bonds is 5. The molecule has 5 rings (SSSR count). The molecule has 1 saturated heterocycles. The number of ether oxygens (including phenoxy) is 2. The van der Waals surface area contributed by atoms with Crippen molar-refractivity contribution in [1.82, 2.24) is 14.7 Å². The van der Waals surface area contributed by atoms with Crippen LogP contribution in [0.4, 0.5) is 0 Å². The van der Waals surface area contributed by atoms with E-state index >= 15 is 0 Å². The lowest BCUT2D eigenvalue weighted by molar-refractivity contribution is -0.122. The van der Waals surface area contributed by atoms with Gasteiger partial charge >= 0.3 is 0 Å². The van der Waals surface area contributed by atoms with Gasteiger partial charge in [-0.3, -0.25) is 9.59 Å². The van der Waals surface area contributed by atoms with Gasteiger partial charge in [-0.2, -0.15) is 16.4 Å². The van der Waals surface area contributed by atoms with Crippen LogP contribution >= 0.6 is 11.3 Å². The van der Waals surface area contributed by atoms with E-state index in [9.17, 15) is 9.59 Å². The summed E-state index contributed by atoms with van der Waals surface area (Å²) in [5.74, 6) is 0.787. The summed E-state index contributed by atoms with van der Waals surface area (Å²) in [6.45, 7) is 5.36. The average molecular weight is 507 g/mol. The highest BCUT2D eigenvalue weighted by Gasteiger charge is 2.34. The first kappa shape index (κ1) is 24.1. The molecule has 1 fully saturated rings. The van der Waals surface area contributed by atoms with Crippen LogP contribution < -0.4 is 15.2 Å². The van der Waals surface area contributed by atoms with Crippen LogP contribution in [0, 0.1) is 5.92 Å². The summed E-state index contributed by atoms with van der Waals surface area (Å²) in [7, 11) is 1.65. The molecule has 1 unspecified atom stereocenters. The van der Waals surface area contributed by atoms with E-state index in [1.807, 2.05) is 47.5 Å². The molecule has 36 heavy (non-hydrogen) atoms. The summed E-state index contributed by atoms with van der Waals surface area (Å²) in [6.07, 6.45) is 4.07. The molecule has 1 atom stereocenters. The zero-order valence-corrected chi connectivity index (χ0v) is 21.6. The minimum atomic E-state index is -0.295. The van der Waals surface area contributed by atoms with Crippen molar-refractivity contribution in [2.75, 3.05) is 20.2 Å². The van der Waals surface area contributed by atoms with E-state index in [-0.39, 0.29) is 24.3 Å². The normalized spacial score (nSPS) is 16.9. The lowest BCUT2D eigenvalue weighted by Crippen LogP contribution is -2.33. The Bertz CT molecular complexity index is 1340. The number of carbonyl (C=O) groups is 2. The molecule has 0 bridgehead atoms. The van der Waals surface area contributed by atoms with E-state index in [2.05, 4.69) is 6.08 Å². The van der Waals surface area contributed by atoms with Crippen molar-refractivity contribution in [3.05, 3.63) is 51.4 Å². The Morgan fingerprint density at radius 1 is 1.25 bits per heavy atom. The summed E-state index contributed by atoms with van der Waals surface area (Å²) in [5, 5.41) is 8.85. The maximum absolute atomic E-state index is 13.8. The average Bonchev–Trinajstić information content (AvgIpc) is 3.44. The third kappa shape index (κ3) is 4.39. The van der Waals surface area contributed by atoms with Gasteiger partial charge in [0.1, 0.15) is 18.1 Å². The van der Waals surface area contributed by atoms with E-state index in [1.54, 1.807) is 23.3 Å². The first-order valence-electron chi connectivity index (χ1n) is 12.1. The predicted molar refractivity (Wildman–Crippen MR) is 140 cm³/mol. The van der Waals surface area contributed by atoms with Gasteiger partial charge in [-0.25, -0.2) is 4.68 Å². The van der Waals surface area contributed by atoms with Gasteiger partial charge < -0.3 is 20.1 Å². The van der Waals surface area contributed by atoms with Crippen LogP contribution in [-0.2, 0) is 11.4 Å². The number of nitrogens with two attached hydrogens (primary N) is 1. The zero-order chi connectivity index (χ0) is 25.4. The van der Waals surface area contributed by atoms with Crippen LogP contribution in [0.25, 0.3) is 23.0 Å². The smallest absolute Gasteiger partial charge is 0.274 e. The van der Waals surface area contributed by atoms with Crippen LogP contribution in [0.5, 0.6) is 11.5 Å². The molecule has 4 heterocycles. The van der Waals surface area contributed by atoms with Crippen LogP contribution in [0.3, 0.4) is 0 Å². The van der Waals surface area contributed by atoms with Gasteiger partial charge in [0, 0.05) is 47.1 Å². The number of primary amides is 1. The number of benzene rings is 1. The highest BCUT2D eigenvalue weighted by atomic mass is 32.1. The lowest BCUT2D eigenvalue weighted by Gasteiger charge is -2.23. The van der Waals surface area contributed by atoms with Crippen molar-refractivity contribution in [3.8, 4) is 28.4 Å². The third-order valence-electron chi connectivity index (χ3n) is 6.76. The van der Waals surface area contributed by atoms with Crippen LogP contribution in [0.2, 0.25) is 0 Å². The first-order valence-corrected chi connectivity index (χ1v) is 13.0. The topological polar surface area (TPSA) is 99.7 Å². The number of thiophene rings is 1. The Morgan fingerprint density at radius 3 is 2.78 bits per heavy atom. The fourth-order valence-electron chi connectivity index (χ4n) is 4.97. The van der Waals surface area contributed by atoms with E-state index in [0.717, 1.165) is 45.8 Å². The highest BCUT2D eigenvalue weighted by Crippen LogP contribution is 2.44. The lowest BCUT2D eigenvalue weighted by atomic mass is 9.98. The van der Waals surface area contributed by atoms with Crippen molar-refractivity contribution >= 4 is 29.2 Å². The molecule has 0 radical (unpaired) electrons. The zero-order valence-electron chi connectivity index (χ0n) is 20.7. The van der Waals surface area contributed by atoms with Crippen LogP contribution in [-0.4, -0.2) is 46.7 Å². The molecule has 0 aliphatic carbocycles. The fourth-order valence-corrected chi connectivity index (χ4v) is 5.58. The minimum absolute atomic E-state index is 0.143. The molecular weight excluding hydrogens is 476 g/mol. The second-order valence-electron chi connectivity index (χ2n) is 9.49. The quantitative estimate of drug-likeness (QED) is 0.543. The van der Waals surface area contributed by atoms with Gasteiger partial charge in [0.05, 0.1) is 18.5 Å². The van der Waals surface area contributed by atoms with Crippen LogP contribution in [0.1, 0.15) is 54.7 Å². The van der Waals surface area contributed by atoms with Crippen molar-refractivity contribution in [2.24, 2.45) is 11.7 Å². The van der Waals surface area contributed by atoms with Crippen LogP contribution in [0.15, 0.2) is 34.5 Å². The molecule has 3 aromatic rings. The standard InChI is InChI=1S/C27H30N4O4S/c1-16(2)11-18-12-20-23(13-22(18)34-3)35-14-21-24(29-31(25(20)21)19-7-10-36-15-19)27(33)30-8-4-5-17(6-9-30)26(28)32/h7,10-13,15,17H,4-6,8-9,14H2,1-3H3,(H2,28,32). The number of amides is 2. The fraction of sp³-hybridized carbons (Fsp3) is 0.370. The predicted octanol–water partition coefficient (Wildman–Crippen LogP) is 4.65. The van der Waals surface area contributed by atoms with Gasteiger partial charge in [-0.15, -0.1) is 0 Å². The molecule has 188 valence electrons. The molecule has 2 aliphatic heterocycles. The minimum Gasteiger partial charge on any atom is -0.496 e. The van der Waals surface area contributed by atoms with E-state index < -0.39 is 0 Å². The Morgan fingerprint density at radius 2 is 2.08 bits per heavy atom. The van der Waals surface area contributed by atoms with Crippen molar-refractivity contribution in [1.29, 1.82) is 0 Å². The first-order chi connectivity index (χ1) is 17.4. The number of methoxy groups -OCH3 is 1. The van der Waals surface area contributed by atoms with Gasteiger partial charge in [0.15, 0.2) is 5.69 Å². The molecular formula is C27H30N4O4S. The molecule has 2 N–H and O–H groups in total. The number of likely N-dealkylation sites (tertiary alicyclic amines) is 1. The summed E-state index contributed by atoms with van der Waals surface area (Å²) in [6, 6.07) is 5.94. The van der Waals surface area contributed by atoms with E-state index in [0.29, 0.717) is 37.4 Å². The van der Waals surface area contributed by atoms with Crippen molar-refractivity contribution in [2.45, 2.75) is 39.7 Å². The second kappa shape index (κ2) is 9.81. The van der Waals surface area contributed by atoms with Gasteiger partial charge in [0.25, 0.3) is 5.91 Å². The number of allylic oxidation sites excluding steroid dienone is 1. The molecule has 8 nitrogen and oxygen atoms in total. The Labute approximate surface area is 214 Å². The molecule has 2 aliphatic rings. The molecule has 2 aromatic heterocycles. The Kier molecular flexibility index (Phi) is 6.57. The summed E-state index contributed by atoms with van der Waals surface area (Å²) in [4.78, 5) is 27.3. The largest absolute Gasteiger partial charge is 0.496 e. The summed E-state index contributed by atoms with van der Waals surface area (Å²) in [5.41, 5.74) is 11.4. The van der Waals surface area contributed by atoms with Gasteiger partial charge in [0.2, 0.25) is 5.91 Å². The molecule has 2 amide bonds. The maximum atomic E-state index is 13.8. The highest BCUT2D eigenvalue weighted by molar-refractivity contribution is 7.08. The number of hydrogen-bond acceptors (Lipinski definition) is 6. The van der Waals surface area contributed by atoms with E-state index in [4.69, 9.17) is 20.3 Å². The number of nitrogens with zero attached hydrogens (tertiary/aromatic N) is 3. The number of aromatic nitrogens is 2. The van der Waals surface area contributed by atoms with Crippen molar-refractivity contribution < 1.29 is 19.1 Å². The Hall–Kier alpha value is -3.59. The number of carbonyl (C=O) groups excluding carboxylic acids is 2. The van der Waals surface area contributed by atoms with Gasteiger partial charge in [-0.1, -0.05) is 11.6 Å². The van der Waals surface area contributed by atoms with Gasteiger partial charge in [-0.05, 0) is 50.6 Å².